The Balaban J connectivity index is 2.07. The second-order valence-electron chi connectivity index (χ2n) is 3.83. The number of rotatable bonds is 2. The van der Waals surface area contributed by atoms with Gasteiger partial charge < -0.3 is 10.6 Å². The van der Waals surface area contributed by atoms with Crippen molar-refractivity contribution in [2.75, 3.05) is 10.6 Å². The van der Waals surface area contributed by atoms with Crippen LogP contribution in [0.5, 0.6) is 0 Å². The van der Waals surface area contributed by atoms with Gasteiger partial charge in [-0.15, -0.1) is 0 Å². The number of halogens is 4. The second-order valence-corrected chi connectivity index (χ2v) is 4.68. The van der Waals surface area contributed by atoms with E-state index in [1.165, 1.54) is 18.2 Å². The maximum Gasteiger partial charge on any atom is 0.323 e. The van der Waals surface area contributed by atoms with E-state index in [-0.39, 0.29) is 10.7 Å². The highest BCUT2D eigenvalue weighted by molar-refractivity contribution is 6.36. The fourth-order valence-corrected chi connectivity index (χ4v) is 1.91. The van der Waals surface area contributed by atoms with Crippen LogP contribution in [0.25, 0.3) is 0 Å². The Labute approximate surface area is 123 Å². The monoisotopic (exact) mass is 316 g/mol. The molecule has 104 valence electrons. The average Bonchev–Trinajstić information content (AvgIpc) is 2.37. The number of hydrogen-bond donors (Lipinski definition) is 2. The van der Waals surface area contributed by atoms with E-state index >= 15 is 0 Å². The topological polar surface area (TPSA) is 41.1 Å². The molecule has 0 unspecified atom stereocenters. The lowest BCUT2D eigenvalue weighted by Gasteiger charge is -2.09. The molecule has 0 aliphatic rings. The molecule has 0 bridgehead atoms. The summed E-state index contributed by atoms with van der Waals surface area (Å²) < 4.78 is 25.7. The van der Waals surface area contributed by atoms with Crippen molar-refractivity contribution in [1.29, 1.82) is 0 Å². The van der Waals surface area contributed by atoms with Gasteiger partial charge in [-0.2, -0.15) is 0 Å². The van der Waals surface area contributed by atoms with Crippen molar-refractivity contribution in [2.24, 2.45) is 0 Å². The molecule has 2 aromatic rings. The van der Waals surface area contributed by atoms with Gasteiger partial charge >= 0.3 is 6.03 Å². The van der Waals surface area contributed by atoms with Crippen molar-refractivity contribution < 1.29 is 13.6 Å². The van der Waals surface area contributed by atoms with E-state index < -0.39 is 17.7 Å². The van der Waals surface area contributed by atoms with Gasteiger partial charge in [-0.25, -0.2) is 13.6 Å². The average molecular weight is 317 g/mol. The third kappa shape index (κ3) is 3.59. The molecule has 2 aromatic carbocycles. The second kappa shape index (κ2) is 6.07. The van der Waals surface area contributed by atoms with Crippen molar-refractivity contribution in [2.45, 2.75) is 0 Å². The molecular weight excluding hydrogens is 309 g/mol. The van der Waals surface area contributed by atoms with E-state index in [2.05, 4.69) is 10.6 Å². The number of amides is 2. The van der Waals surface area contributed by atoms with E-state index in [1.807, 2.05) is 0 Å². The number of carbonyl (C=O) groups is 1. The summed E-state index contributed by atoms with van der Waals surface area (Å²) in [4.78, 5) is 11.7. The van der Waals surface area contributed by atoms with Crippen LogP contribution in [-0.4, -0.2) is 6.03 Å². The zero-order chi connectivity index (χ0) is 14.7. The predicted octanol–water partition coefficient (Wildman–Crippen LogP) is 4.92. The van der Waals surface area contributed by atoms with Gasteiger partial charge in [-0.05, 0) is 30.3 Å². The number of nitrogens with one attached hydrogen (secondary N) is 2. The summed E-state index contributed by atoms with van der Waals surface area (Å²) in [6.07, 6.45) is 0. The first-order valence-corrected chi connectivity index (χ1v) is 6.19. The Morgan fingerprint density at radius 1 is 0.950 bits per heavy atom. The van der Waals surface area contributed by atoms with Crippen LogP contribution in [-0.2, 0) is 0 Å². The number of benzene rings is 2. The molecule has 2 amide bonds. The molecule has 2 rings (SSSR count). The number of anilines is 2. The van der Waals surface area contributed by atoms with Gasteiger partial charge in [-0.1, -0.05) is 23.2 Å². The van der Waals surface area contributed by atoms with Crippen LogP contribution in [0, 0.1) is 11.6 Å². The van der Waals surface area contributed by atoms with Crippen molar-refractivity contribution in [3.8, 4) is 0 Å². The van der Waals surface area contributed by atoms with E-state index in [1.54, 1.807) is 6.07 Å². The van der Waals surface area contributed by atoms with Gasteiger partial charge in [0.2, 0.25) is 0 Å². The van der Waals surface area contributed by atoms with Crippen LogP contribution in [0.3, 0.4) is 0 Å². The molecule has 0 saturated heterocycles. The van der Waals surface area contributed by atoms with Crippen LogP contribution in [0.1, 0.15) is 0 Å². The van der Waals surface area contributed by atoms with E-state index in [4.69, 9.17) is 23.2 Å². The van der Waals surface area contributed by atoms with Crippen LogP contribution in [0.4, 0.5) is 25.0 Å². The van der Waals surface area contributed by atoms with Crippen LogP contribution in [0.15, 0.2) is 36.4 Å². The minimum atomic E-state index is -1.05. The van der Waals surface area contributed by atoms with Gasteiger partial charge in [-0.3, -0.25) is 0 Å². The molecule has 0 radical (unpaired) electrons. The van der Waals surface area contributed by atoms with E-state index in [0.29, 0.717) is 10.7 Å². The van der Waals surface area contributed by atoms with Crippen LogP contribution >= 0.6 is 23.2 Å². The Morgan fingerprint density at radius 2 is 1.70 bits per heavy atom. The molecule has 7 heteroatoms. The Morgan fingerprint density at radius 3 is 2.35 bits per heavy atom. The number of hydrogen-bond acceptors (Lipinski definition) is 1. The summed E-state index contributed by atoms with van der Waals surface area (Å²) >= 11 is 11.6. The first kappa shape index (κ1) is 14.6. The molecule has 0 aromatic heterocycles. The summed E-state index contributed by atoms with van der Waals surface area (Å²) in [7, 11) is 0. The summed E-state index contributed by atoms with van der Waals surface area (Å²) in [6, 6.07) is 6.94. The zero-order valence-electron chi connectivity index (χ0n) is 9.88. The lowest BCUT2D eigenvalue weighted by Crippen LogP contribution is -2.19. The molecule has 0 saturated carbocycles. The smallest absolute Gasteiger partial charge is 0.308 e. The molecule has 2 N–H and O–H groups in total. The lowest BCUT2D eigenvalue weighted by molar-refractivity contribution is 0.262. The molecule has 0 fully saturated rings. The van der Waals surface area contributed by atoms with Crippen LogP contribution in [0.2, 0.25) is 10.0 Å². The quantitative estimate of drug-likeness (QED) is 0.811. The lowest BCUT2D eigenvalue weighted by atomic mass is 10.3. The largest absolute Gasteiger partial charge is 0.323 e. The number of urea groups is 1. The Hall–Kier alpha value is -1.85. The maximum absolute atomic E-state index is 13.0. The Kier molecular flexibility index (Phi) is 4.42. The fraction of sp³-hybridized carbons (Fsp3) is 0. The Bertz CT molecular complexity index is 665. The molecule has 0 heterocycles. The van der Waals surface area contributed by atoms with Gasteiger partial charge in [0.05, 0.1) is 10.7 Å². The van der Waals surface area contributed by atoms with E-state index in [0.717, 1.165) is 12.1 Å². The summed E-state index contributed by atoms with van der Waals surface area (Å²) in [5.74, 6) is -2.04. The highest BCUT2D eigenvalue weighted by Gasteiger charge is 2.08. The standard InChI is InChI=1S/C13H8Cl2F2N2O/c14-7-1-4-12(9(15)5-7)19-13(20)18-8-2-3-10(16)11(17)6-8/h1-6H,(H2,18,19,20). The number of carbonyl (C=O) groups excluding carboxylic acids is 1. The minimum Gasteiger partial charge on any atom is -0.308 e. The normalized spacial score (nSPS) is 10.2. The first-order chi connectivity index (χ1) is 9.45. The molecule has 0 aliphatic carbocycles. The van der Waals surface area contributed by atoms with Crippen LogP contribution < -0.4 is 10.6 Å². The first-order valence-electron chi connectivity index (χ1n) is 5.44. The van der Waals surface area contributed by atoms with Crippen molar-refractivity contribution in [3.63, 3.8) is 0 Å². The molecule has 0 atom stereocenters. The maximum atomic E-state index is 13.0. The molecule has 3 nitrogen and oxygen atoms in total. The van der Waals surface area contributed by atoms with Gasteiger partial charge in [0.25, 0.3) is 0 Å². The van der Waals surface area contributed by atoms with Crippen molar-refractivity contribution >= 4 is 40.6 Å². The zero-order valence-corrected chi connectivity index (χ0v) is 11.4. The highest BCUT2D eigenvalue weighted by Crippen LogP contribution is 2.25. The van der Waals surface area contributed by atoms with E-state index in [9.17, 15) is 13.6 Å². The van der Waals surface area contributed by atoms with Crippen molar-refractivity contribution in [3.05, 3.63) is 58.1 Å². The SMILES string of the molecule is O=C(Nc1ccc(F)c(F)c1)Nc1ccc(Cl)cc1Cl. The fourth-order valence-electron chi connectivity index (χ4n) is 1.45. The van der Waals surface area contributed by atoms with Gasteiger partial charge in [0, 0.05) is 16.8 Å². The molecule has 20 heavy (non-hydrogen) atoms. The van der Waals surface area contributed by atoms with Crippen molar-refractivity contribution in [1.82, 2.24) is 0 Å². The highest BCUT2D eigenvalue weighted by atomic mass is 35.5. The summed E-state index contributed by atoms with van der Waals surface area (Å²) in [6.45, 7) is 0. The summed E-state index contributed by atoms with van der Waals surface area (Å²) in [5.41, 5.74) is 0.461. The minimum absolute atomic E-state index is 0.117. The third-order valence-corrected chi connectivity index (χ3v) is 2.90. The third-order valence-electron chi connectivity index (χ3n) is 2.36. The van der Waals surface area contributed by atoms with Gasteiger partial charge in [0.15, 0.2) is 11.6 Å². The summed E-state index contributed by atoms with van der Waals surface area (Å²) in [5, 5.41) is 5.51. The molecular formula is C13H8Cl2F2N2O. The van der Waals surface area contributed by atoms with Gasteiger partial charge in [0.1, 0.15) is 0 Å². The predicted molar refractivity (Wildman–Crippen MR) is 75.5 cm³/mol. The molecule has 0 spiro atoms. The molecule has 0 aliphatic heterocycles.